The van der Waals surface area contributed by atoms with Gasteiger partial charge in [0.15, 0.2) is 4.77 Å². The minimum Gasteiger partial charge on any atom is -0.491 e. The van der Waals surface area contributed by atoms with Crippen LogP contribution >= 0.6 is 12.2 Å². The van der Waals surface area contributed by atoms with E-state index >= 15 is 0 Å². The van der Waals surface area contributed by atoms with Crippen molar-refractivity contribution in [1.29, 1.82) is 5.26 Å². The second kappa shape index (κ2) is 6.81. The third-order valence-electron chi connectivity index (χ3n) is 4.07. The number of nitrogens with zero attached hydrogens (tertiary/aromatic N) is 6. The molecule has 27 heavy (non-hydrogen) atoms. The Balaban J connectivity index is 2.07. The first-order chi connectivity index (χ1) is 12.8. The van der Waals surface area contributed by atoms with E-state index in [-0.39, 0.29) is 22.9 Å². The number of rotatable bonds is 3. The molecule has 2 N–H and O–H groups in total. The highest BCUT2D eigenvalue weighted by atomic mass is 32.1. The van der Waals surface area contributed by atoms with E-state index < -0.39 is 0 Å². The quantitative estimate of drug-likeness (QED) is 0.512. The van der Waals surface area contributed by atoms with Crippen molar-refractivity contribution in [2.75, 3.05) is 0 Å². The molecule has 0 aliphatic rings. The Morgan fingerprint density at radius 2 is 1.89 bits per heavy atom. The van der Waals surface area contributed by atoms with E-state index in [0.29, 0.717) is 21.7 Å². The smallest absolute Gasteiger partial charge is 0.244 e. The molecule has 0 aliphatic heterocycles. The maximum Gasteiger partial charge on any atom is 0.244 e. The third kappa shape index (κ3) is 3.27. The molecule has 2 heterocycles. The zero-order valence-electron chi connectivity index (χ0n) is 15.4. The molecular formula is C18H19N7OS. The molecule has 138 valence electrons. The highest BCUT2D eigenvalue weighted by molar-refractivity contribution is 7.71. The summed E-state index contributed by atoms with van der Waals surface area (Å²) in [5.74, 6) is 0.204. The van der Waals surface area contributed by atoms with Crippen molar-refractivity contribution in [1.82, 2.24) is 19.3 Å². The van der Waals surface area contributed by atoms with Crippen LogP contribution in [0.15, 0.2) is 40.6 Å². The molecule has 0 unspecified atom stereocenters. The first-order valence-electron chi connectivity index (χ1n) is 8.22. The summed E-state index contributed by atoms with van der Waals surface area (Å²) in [6.07, 6.45) is 0. The number of para-hydroxylation sites is 1. The number of H-pyrrole nitrogens is 1. The van der Waals surface area contributed by atoms with Gasteiger partial charge in [0.25, 0.3) is 0 Å². The monoisotopic (exact) mass is 381 g/mol. The summed E-state index contributed by atoms with van der Waals surface area (Å²) in [5.41, 5.74) is 1.43. The maximum atomic E-state index is 10.6. The van der Waals surface area contributed by atoms with Gasteiger partial charge in [0.1, 0.15) is 11.6 Å². The largest absolute Gasteiger partial charge is 0.491 e. The highest BCUT2D eigenvalue weighted by Gasteiger charge is 2.24. The van der Waals surface area contributed by atoms with Gasteiger partial charge in [-0.3, -0.25) is 14.2 Å². The molecule has 8 nitrogen and oxygen atoms in total. The average molecular weight is 381 g/mol. The van der Waals surface area contributed by atoms with Gasteiger partial charge in [-0.1, -0.05) is 39.0 Å². The molecule has 1 aromatic carbocycles. The first kappa shape index (κ1) is 18.5. The molecule has 0 atom stereocenters. The fraction of sp³-hybridized carbons (Fsp3) is 0.278. The number of nitriles is 1. The molecule has 3 rings (SSSR count). The van der Waals surface area contributed by atoms with E-state index in [1.54, 1.807) is 11.6 Å². The number of aromatic hydroxyl groups is 1. The van der Waals surface area contributed by atoms with Crippen LogP contribution in [0, 0.1) is 16.1 Å². The first-order valence-corrected chi connectivity index (χ1v) is 8.63. The molecular weight excluding hydrogens is 362 g/mol. The SMILES string of the molecule is Cn1c(N=Nc2n[nH]c(C(C)(C)C)c2C#N)c(O)n(-c2ccccc2)c1=S. The fourth-order valence-corrected chi connectivity index (χ4v) is 2.93. The Hall–Kier alpha value is -3.25. The number of aromatic nitrogens is 4. The molecule has 0 saturated heterocycles. The standard InChI is InChI=1S/C18H19N7OS/c1-18(2,3)13-12(10-19)14(21-20-13)22-23-15-16(26)25(17(27)24(15)4)11-8-6-5-7-9-11/h5-9,26H,1-4H3,(H,20,21). The lowest BCUT2D eigenvalue weighted by atomic mass is 9.90. The van der Waals surface area contributed by atoms with Crippen LogP contribution in [0.3, 0.4) is 0 Å². The number of nitrogens with one attached hydrogen (secondary N) is 1. The van der Waals surface area contributed by atoms with Gasteiger partial charge in [-0.15, -0.1) is 10.2 Å². The topological polar surface area (TPSA) is 107 Å². The van der Waals surface area contributed by atoms with Gasteiger partial charge in [-0.2, -0.15) is 10.4 Å². The van der Waals surface area contributed by atoms with E-state index in [0.717, 1.165) is 0 Å². The Morgan fingerprint density at radius 1 is 1.22 bits per heavy atom. The molecule has 0 bridgehead atoms. The number of imidazole rings is 1. The molecule has 3 aromatic rings. The summed E-state index contributed by atoms with van der Waals surface area (Å²) in [6.45, 7) is 5.91. The second-order valence-corrected chi connectivity index (χ2v) is 7.38. The molecule has 9 heteroatoms. The average Bonchev–Trinajstić information content (AvgIpc) is 3.14. The van der Waals surface area contributed by atoms with Gasteiger partial charge in [0.2, 0.25) is 17.5 Å². The van der Waals surface area contributed by atoms with Gasteiger partial charge in [-0.05, 0) is 24.4 Å². The van der Waals surface area contributed by atoms with Gasteiger partial charge in [-0.25, -0.2) is 0 Å². The van der Waals surface area contributed by atoms with Crippen molar-refractivity contribution in [3.8, 4) is 17.6 Å². The lowest BCUT2D eigenvalue weighted by Crippen LogP contribution is -2.13. The Bertz CT molecular complexity index is 1110. The molecule has 0 fully saturated rings. The summed E-state index contributed by atoms with van der Waals surface area (Å²) in [5, 5.41) is 35.2. The third-order valence-corrected chi connectivity index (χ3v) is 4.53. The lowest BCUT2D eigenvalue weighted by molar-refractivity contribution is 0.443. The molecule has 2 aromatic heterocycles. The Morgan fingerprint density at radius 3 is 2.48 bits per heavy atom. The van der Waals surface area contributed by atoms with E-state index in [1.165, 1.54) is 4.57 Å². The van der Waals surface area contributed by atoms with Crippen LogP contribution in [0.2, 0.25) is 0 Å². The van der Waals surface area contributed by atoms with Gasteiger partial charge >= 0.3 is 0 Å². The maximum absolute atomic E-state index is 10.6. The highest BCUT2D eigenvalue weighted by Crippen LogP contribution is 2.34. The van der Waals surface area contributed by atoms with Gasteiger partial charge in [0, 0.05) is 12.5 Å². The number of hydrogen-bond acceptors (Lipinski definition) is 6. The summed E-state index contributed by atoms with van der Waals surface area (Å²) < 4.78 is 3.41. The van der Waals surface area contributed by atoms with Crippen molar-refractivity contribution in [3.05, 3.63) is 46.4 Å². The van der Waals surface area contributed by atoms with Gasteiger partial charge in [0.05, 0.1) is 11.4 Å². The van der Waals surface area contributed by atoms with Crippen LogP contribution in [0.25, 0.3) is 5.69 Å². The van der Waals surface area contributed by atoms with Crippen LogP contribution in [-0.4, -0.2) is 24.4 Å². The van der Waals surface area contributed by atoms with E-state index in [9.17, 15) is 10.4 Å². The predicted octanol–water partition coefficient (Wildman–Crippen LogP) is 4.56. The van der Waals surface area contributed by atoms with Crippen molar-refractivity contribution < 1.29 is 5.11 Å². The van der Waals surface area contributed by atoms with Crippen molar-refractivity contribution in [2.24, 2.45) is 17.3 Å². The van der Waals surface area contributed by atoms with E-state index in [2.05, 4.69) is 26.5 Å². The normalized spacial score (nSPS) is 11.8. The second-order valence-electron chi connectivity index (χ2n) is 7.02. The summed E-state index contributed by atoms with van der Waals surface area (Å²) in [6, 6.07) is 11.3. The van der Waals surface area contributed by atoms with E-state index in [4.69, 9.17) is 12.2 Å². The fourth-order valence-electron chi connectivity index (χ4n) is 2.65. The summed E-state index contributed by atoms with van der Waals surface area (Å²) >= 11 is 5.41. The Kier molecular flexibility index (Phi) is 4.68. The predicted molar refractivity (Wildman–Crippen MR) is 103 cm³/mol. The number of hydrogen-bond donors (Lipinski definition) is 2. The van der Waals surface area contributed by atoms with E-state index in [1.807, 2.05) is 51.1 Å². The van der Waals surface area contributed by atoms with Crippen molar-refractivity contribution in [2.45, 2.75) is 26.2 Å². The zero-order valence-corrected chi connectivity index (χ0v) is 16.2. The number of benzene rings is 1. The van der Waals surface area contributed by atoms with Crippen LogP contribution in [0.5, 0.6) is 5.88 Å². The molecule has 0 radical (unpaired) electrons. The van der Waals surface area contributed by atoms with Crippen LogP contribution in [-0.2, 0) is 12.5 Å². The minimum atomic E-state index is -0.289. The van der Waals surface area contributed by atoms with Gasteiger partial charge < -0.3 is 5.11 Å². The Labute approximate surface area is 161 Å². The summed E-state index contributed by atoms with van der Waals surface area (Å²) in [7, 11) is 1.69. The molecule has 0 amide bonds. The van der Waals surface area contributed by atoms with Crippen molar-refractivity contribution >= 4 is 23.9 Å². The summed E-state index contributed by atoms with van der Waals surface area (Å²) in [4.78, 5) is 0. The van der Waals surface area contributed by atoms with Crippen LogP contribution in [0.4, 0.5) is 11.6 Å². The lowest BCUT2D eigenvalue weighted by Gasteiger charge is -2.15. The molecule has 0 spiro atoms. The zero-order chi connectivity index (χ0) is 19.8. The molecule has 0 saturated carbocycles. The minimum absolute atomic E-state index is 0.137. The van der Waals surface area contributed by atoms with Crippen molar-refractivity contribution in [3.63, 3.8) is 0 Å². The number of azo groups is 1. The van der Waals surface area contributed by atoms with Crippen LogP contribution < -0.4 is 0 Å². The number of aromatic amines is 1. The molecule has 0 aliphatic carbocycles. The van der Waals surface area contributed by atoms with Crippen LogP contribution in [0.1, 0.15) is 32.0 Å².